The minimum Gasteiger partial charge on any atom is -0.316 e. The van der Waals surface area contributed by atoms with Gasteiger partial charge in [0.1, 0.15) is 18.7 Å². The first-order valence-electron chi connectivity index (χ1n) is 9.01. The summed E-state index contributed by atoms with van der Waals surface area (Å²) in [5.41, 5.74) is 0. The molecule has 1 rings (SSSR count). The summed E-state index contributed by atoms with van der Waals surface area (Å²) in [6.07, 6.45) is 18.5. The molecule has 4 nitrogen and oxygen atoms in total. The monoisotopic (exact) mass is 308 g/mol. The Labute approximate surface area is 135 Å². The molecule has 0 unspecified atom stereocenters. The van der Waals surface area contributed by atoms with Crippen LogP contribution in [0.4, 0.5) is 0 Å². The SMILES string of the molecule is C[n+]1cc[nH]c1CCNCCCCCCCCCCCC=O. The summed E-state index contributed by atoms with van der Waals surface area (Å²) in [7, 11) is 2.08. The molecule has 0 atom stereocenters. The zero-order valence-electron chi connectivity index (χ0n) is 14.3. The Balaban J connectivity index is 1.75. The second-order valence-corrected chi connectivity index (χ2v) is 6.15. The van der Waals surface area contributed by atoms with Gasteiger partial charge in [-0.3, -0.25) is 0 Å². The predicted octanol–water partition coefficient (Wildman–Crippen LogP) is 3.07. The van der Waals surface area contributed by atoms with Gasteiger partial charge in [-0.2, -0.15) is 0 Å². The fourth-order valence-electron chi connectivity index (χ4n) is 2.73. The third-order valence-electron chi connectivity index (χ3n) is 4.19. The number of aryl methyl sites for hydroxylation is 1. The first kappa shape index (κ1) is 18.9. The van der Waals surface area contributed by atoms with Gasteiger partial charge in [0, 0.05) is 13.0 Å². The maximum atomic E-state index is 10.2. The van der Waals surface area contributed by atoms with Crippen LogP contribution in [0.2, 0.25) is 0 Å². The number of nitrogens with zero attached hydrogens (tertiary/aromatic N) is 1. The number of carbonyl (C=O) groups is 1. The number of aromatic nitrogens is 2. The van der Waals surface area contributed by atoms with Crippen LogP contribution in [-0.4, -0.2) is 24.4 Å². The number of H-pyrrole nitrogens is 1. The summed E-state index contributed by atoms with van der Waals surface area (Å²) in [6.45, 7) is 2.19. The Hall–Kier alpha value is -1.16. The number of hydrogen-bond donors (Lipinski definition) is 2. The third kappa shape index (κ3) is 9.72. The summed E-state index contributed by atoms with van der Waals surface area (Å²) in [5, 5.41) is 3.52. The van der Waals surface area contributed by atoms with Crippen LogP contribution < -0.4 is 9.88 Å². The van der Waals surface area contributed by atoms with Crippen molar-refractivity contribution in [2.75, 3.05) is 13.1 Å². The molecule has 2 N–H and O–H groups in total. The fraction of sp³-hybridized carbons (Fsp3) is 0.778. The van der Waals surface area contributed by atoms with Gasteiger partial charge in [-0.05, 0) is 19.4 Å². The average Bonchev–Trinajstić information content (AvgIpc) is 2.93. The zero-order valence-corrected chi connectivity index (χ0v) is 14.3. The van der Waals surface area contributed by atoms with Gasteiger partial charge in [0.05, 0.1) is 13.5 Å². The highest BCUT2D eigenvalue weighted by Crippen LogP contribution is 2.09. The number of aldehydes is 1. The van der Waals surface area contributed by atoms with Gasteiger partial charge in [0.25, 0.3) is 5.82 Å². The van der Waals surface area contributed by atoms with Crippen molar-refractivity contribution in [2.24, 2.45) is 7.05 Å². The fourth-order valence-corrected chi connectivity index (χ4v) is 2.73. The van der Waals surface area contributed by atoms with E-state index >= 15 is 0 Å². The van der Waals surface area contributed by atoms with Crippen LogP contribution in [-0.2, 0) is 18.3 Å². The number of carbonyl (C=O) groups excluding carboxylic acids is 1. The zero-order chi connectivity index (χ0) is 15.9. The van der Waals surface area contributed by atoms with Crippen LogP contribution in [0.3, 0.4) is 0 Å². The van der Waals surface area contributed by atoms with Gasteiger partial charge >= 0.3 is 0 Å². The van der Waals surface area contributed by atoms with Gasteiger partial charge in [0.2, 0.25) is 0 Å². The molecule has 0 radical (unpaired) electrons. The van der Waals surface area contributed by atoms with E-state index in [1.54, 1.807) is 0 Å². The van der Waals surface area contributed by atoms with Crippen LogP contribution in [0.5, 0.6) is 0 Å². The van der Waals surface area contributed by atoms with Gasteiger partial charge in [-0.1, -0.05) is 44.9 Å². The predicted molar refractivity (Wildman–Crippen MR) is 90.8 cm³/mol. The summed E-state index contributed by atoms with van der Waals surface area (Å²) in [6, 6.07) is 0. The van der Waals surface area contributed by atoms with Crippen LogP contribution in [0.15, 0.2) is 12.4 Å². The van der Waals surface area contributed by atoms with E-state index in [1.165, 1.54) is 57.2 Å². The van der Waals surface area contributed by atoms with E-state index in [0.29, 0.717) is 0 Å². The third-order valence-corrected chi connectivity index (χ3v) is 4.19. The Morgan fingerprint density at radius 3 is 2.23 bits per heavy atom. The van der Waals surface area contributed by atoms with Crippen LogP contribution in [0.1, 0.15) is 70.0 Å². The number of nitrogens with one attached hydrogen (secondary N) is 2. The standard InChI is InChI=1S/C18H33N3O/c1-21-16-15-20-18(21)12-14-19-13-10-8-6-4-2-3-5-7-9-11-17-22/h15-17,19H,2-14H2,1H3/p+1. The molecule has 4 heteroatoms. The molecule has 0 spiro atoms. The molecule has 0 saturated heterocycles. The maximum absolute atomic E-state index is 10.2. The summed E-state index contributed by atoms with van der Waals surface area (Å²) in [4.78, 5) is 13.4. The molecule has 1 aromatic rings. The number of aromatic amines is 1. The molecule has 0 aliphatic rings. The molecule has 0 aliphatic carbocycles. The normalized spacial score (nSPS) is 11.0. The lowest BCUT2D eigenvalue weighted by molar-refractivity contribution is -0.677. The highest BCUT2D eigenvalue weighted by Gasteiger charge is 2.04. The lowest BCUT2D eigenvalue weighted by Crippen LogP contribution is -2.32. The molecular formula is C18H34N3O+. The lowest BCUT2D eigenvalue weighted by atomic mass is 10.1. The van der Waals surface area contributed by atoms with Crippen molar-refractivity contribution in [3.8, 4) is 0 Å². The number of imidazole rings is 1. The average molecular weight is 308 g/mol. The van der Waals surface area contributed by atoms with Gasteiger partial charge in [-0.25, -0.2) is 9.55 Å². The number of rotatable bonds is 15. The Kier molecular flexibility index (Phi) is 11.6. The van der Waals surface area contributed by atoms with Crippen LogP contribution >= 0.6 is 0 Å². The minimum absolute atomic E-state index is 0.745. The summed E-state index contributed by atoms with van der Waals surface area (Å²) in [5.74, 6) is 1.28. The second-order valence-electron chi connectivity index (χ2n) is 6.15. The molecular weight excluding hydrogens is 274 g/mol. The molecule has 126 valence electrons. The summed E-state index contributed by atoms with van der Waals surface area (Å²) >= 11 is 0. The smallest absolute Gasteiger partial charge is 0.255 e. The quantitative estimate of drug-likeness (QED) is 0.297. The number of hydrogen-bond acceptors (Lipinski definition) is 2. The second kappa shape index (κ2) is 13.5. The topological polar surface area (TPSA) is 48.8 Å². The van der Waals surface area contributed by atoms with E-state index in [4.69, 9.17) is 0 Å². The van der Waals surface area contributed by atoms with Crippen molar-refractivity contribution in [2.45, 2.75) is 70.6 Å². The maximum Gasteiger partial charge on any atom is 0.255 e. The molecule has 0 saturated carbocycles. The van der Waals surface area contributed by atoms with Crippen molar-refractivity contribution in [1.82, 2.24) is 10.3 Å². The highest BCUT2D eigenvalue weighted by molar-refractivity contribution is 5.48. The first-order chi connectivity index (χ1) is 10.8. The van der Waals surface area contributed by atoms with Crippen molar-refractivity contribution >= 4 is 6.29 Å². The Morgan fingerprint density at radius 2 is 1.64 bits per heavy atom. The van der Waals surface area contributed by atoms with E-state index in [9.17, 15) is 4.79 Å². The van der Waals surface area contributed by atoms with Crippen molar-refractivity contribution in [3.63, 3.8) is 0 Å². The van der Waals surface area contributed by atoms with Crippen molar-refractivity contribution in [3.05, 3.63) is 18.2 Å². The largest absolute Gasteiger partial charge is 0.316 e. The summed E-state index contributed by atoms with van der Waals surface area (Å²) < 4.78 is 2.14. The molecule has 22 heavy (non-hydrogen) atoms. The van der Waals surface area contributed by atoms with Crippen LogP contribution in [0.25, 0.3) is 0 Å². The minimum atomic E-state index is 0.745. The molecule has 0 fully saturated rings. The molecule has 1 aromatic heterocycles. The molecule has 0 bridgehead atoms. The lowest BCUT2D eigenvalue weighted by Gasteiger charge is -2.04. The van der Waals surface area contributed by atoms with Crippen molar-refractivity contribution < 1.29 is 9.36 Å². The molecule has 0 amide bonds. The first-order valence-corrected chi connectivity index (χ1v) is 9.01. The van der Waals surface area contributed by atoms with E-state index in [0.717, 1.165) is 38.6 Å². The Bertz CT molecular complexity index is 376. The van der Waals surface area contributed by atoms with E-state index in [1.807, 2.05) is 6.20 Å². The van der Waals surface area contributed by atoms with Gasteiger partial charge in [0.15, 0.2) is 0 Å². The Morgan fingerprint density at radius 1 is 1.00 bits per heavy atom. The molecule has 0 aromatic carbocycles. The molecule has 0 aliphatic heterocycles. The van der Waals surface area contributed by atoms with Crippen molar-refractivity contribution in [1.29, 1.82) is 0 Å². The number of unbranched alkanes of at least 4 members (excludes halogenated alkanes) is 9. The van der Waals surface area contributed by atoms with Gasteiger partial charge < -0.3 is 10.1 Å². The van der Waals surface area contributed by atoms with E-state index in [2.05, 4.69) is 28.1 Å². The van der Waals surface area contributed by atoms with Crippen LogP contribution in [0, 0.1) is 0 Å². The van der Waals surface area contributed by atoms with Gasteiger partial charge in [-0.15, -0.1) is 0 Å². The van der Waals surface area contributed by atoms with E-state index < -0.39 is 0 Å². The molecule has 1 heterocycles. The van der Waals surface area contributed by atoms with E-state index in [-0.39, 0.29) is 0 Å². The highest BCUT2D eigenvalue weighted by atomic mass is 16.1.